The van der Waals surface area contributed by atoms with Crippen LogP contribution in [0.15, 0.2) is 65.1 Å². The number of aliphatic hydroxyl groups is 1. The second-order valence-corrected chi connectivity index (χ2v) is 15.2. The van der Waals surface area contributed by atoms with Crippen molar-refractivity contribution in [1.29, 1.82) is 0 Å². The van der Waals surface area contributed by atoms with Gasteiger partial charge in [-0.05, 0) is 42.9 Å². The number of aryl methyl sites for hydroxylation is 1. The minimum Gasteiger partial charge on any atom is -0.390 e. The minimum absolute atomic E-state index is 0.0200. The number of hydrogen-bond acceptors (Lipinski definition) is 8. The van der Waals surface area contributed by atoms with Crippen LogP contribution in [0.5, 0.6) is 0 Å². The second kappa shape index (κ2) is 15.3. The maximum atomic E-state index is 14.0. The molecule has 13 heteroatoms. The number of hydrogen-bond donors (Lipinski definition) is 2. The molecule has 0 radical (unpaired) electrons. The Morgan fingerprint density at radius 2 is 1.82 bits per heavy atom. The molecule has 3 aromatic rings. The second-order valence-electron chi connectivity index (χ2n) is 12.2. The number of carbonyl (C=O) groups is 2. The van der Waals surface area contributed by atoms with Crippen molar-refractivity contribution < 1.29 is 23.1 Å². The number of urea groups is 1. The smallest absolute Gasteiger partial charge is 0.321 e. The largest absolute Gasteiger partial charge is 0.390 e. The number of nitrogens with one attached hydrogen (secondary N) is 1. The maximum absolute atomic E-state index is 14.0. The zero-order chi connectivity index (χ0) is 32.7. The van der Waals surface area contributed by atoms with E-state index >= 15 is 0 Å². The van der Waals surface area contributed by atoms with Crippen LogP contribution in [0.4, 0.5) is 4.79 Å². The Bertz CT molecular complexity index is 1520. The van der Waals surface area contributed by atoms with Crippen LogP contribution >= 0.6 is 11.3 Å². The van der Waals surface area contributed by atoms with Crippen LogP contribution < -0.4 is 5.32 Å². The molecule has 1 saturated heterocycles. The minimum atomic E-state index is -3.97. The van der Waals surface area contributed by atoms with E-state index in [1.165, 1.54) is 34.1 Å². The molecule has 45 heavy (non-hydrogen) atoms. The molecule has 244 valence electrons. The van der Waals surface area contributed by atoms with Gasteiger partial charge in [0.25, 0.3) is 0 Å². The van der Waals surface area contributed by atoms with Crippen molar-refractivity contribution >= 4 is 33.3 Å². The van der Waals surface area contributed by atoms with Crippen molar-refractivity contribution in [1.82, 2.24) is 29.4 Å². The predicted octanol–water partition coefficient (Wildman–Crippen LogP) is 3.54. The maximum Gasteiger partial charge on any atom is 0.321 e. The SMILES string of the molecule is Cc1nc(CN2CCN([C@H](C(=O)N[C@@H](Cc3ccccc3)[C@@H](O)CN(CC(C)C)S(=O)(=O)c3cccnc3)C(C)C)C2=O)cs1. The van der Waals surface area contributed by atoms with Crippen LogP contribution in [0, 0.1) is 18.8 Å². The summed E-state index contributed by atoms with van der Waals surface area (Å²) < 4.78 is 28.5. The zero-order valence-electron chi connectivity index (χ0n) is 26.5. The number of thiazole rings is 1. The lowest BCUT2D eigenvalue weighted by Crippen LogP contribution is -2.57. The Labute approximate surface area is 270 Å². The van der Waals surface area contributed by atoms with E-state index in [1.807, 2.05) is 70.3 Å². The molecule has 1 aliphatic rings. The van der Waals surface area contributed by atoms with Crippen LogP contribution in [0.2, 0.25) is 0 Å². The number of aliphatic hydroxyl groups excluding tert-OH is 1. The average Bonchev–Trinajstić information content (AvgIpc) is 3.57. The summed E-state index contributed by atoms with van der Waals surface area (Å²) >= 11 is 1.53. The number of rotatable bonds is 15. The fraction of sp³-hybridized carbons (Fsp3) is 0.500. The monoisotopic (exact) mass is 656 g/mol. The van der Waals surface area contributed by atoms with Gasteiger partial charge in [-0.2, -0.15) is 4.31 Å². The summed E-state index contributed by atoms with van der Waals surface area (Å²) in [7, 11) is -3.97. The first-order valence-corrected chi connectivity index (χ1v) is 17.6. The highest BCUT2D eigenvalue weighted by atomic mass is 32.2. The van der Waals surface area contributed by atoms with Gasteiger partial charge in [-0.3, -0.25) is 9.78 Å². The van der Waals surface area contributed by atoms with E-state index < -0.39 is 34.1 Å². The summed E-state index contributed by atoms with van der Waals surface area (Å²) in [6.07, 6.45) is 1.81. The Hall–Kier alpha value is -3.39. The van der Waals surface area contributed by atoms with Crippen molar-refractivity contribution in [2.75, 3.05) is 26.2 Å². The molecule has 3 amide bonds. The Balaban J connectivity index is 1.56. The fourth-order valence-corrected chi connectivity index (χ4v) is 7.76. The van der Waals surface area contributed by atoms with Crippen LogP contribution in [0.3, 0.4) is 0 Å². The normalized spacial score (nSPS) is 16.1. The van der Waals surface area contributed by atoms with Gasteiger partial charge in [0.2, 0.25) is 15.9 Å². The molecule has 2 N–H and O–H groups in total. The summed E-state index contributed by atoms with van der Waals surface area (Å²) in [6.45, 7) is 10.7. The third-order valence-corrected chi connectivity index (χ3v) is 10.3. The Morgan fingerprint density at radius 3 is 2.42 bits per heavy atom. The molecule has 11 nitrogen and oxygen atoms in total. The molecule has 0 aliphatic carbocycles. The number of carbonyl (C=O) groups excluding carboxylic acids is 2. The summed E-state index contributed by atoms with van der Waals surface area (Å²) in [5, 5.41) is 17.5. The van der Waals surface area contributed by atoms with E-state index in [0.717, 1.165) is 16.3 Å². The van der Waals surface area contributed by atoms with Gasteiger partial charge in [0.05, 0.1) is 29.4 Å². The van der Waals surface area contributed by atoms with Crippen molar-refractivity contribution in [3.63, 3.8) is 0 Å². The van der Waals surface area contributed by atoms with E-state index in [1.54, 1.807) is 15.9 Å². The quantitative estimate of drug-likeness (QED) is 0.256. The molecule has 0 saturated carbocycles. The highest BCUT2D eigenvalue weighted by Gasteiger charge is 2.40. The molecule has 3 heterocycles. The van der Waals surface area contributed by atoms with Crippen molar-refractivity contribution in [3.8, 4) is 0 Å². The van der Waals surface area contributed by atoms with Gasteiger partial charge in [0.1, 0.15) is 10.9 Å². The van der Waals surface area contributed by atoms with Gasteiger partial charge >= 0.3 is 6.03 Å². The molecule has 0 bridgehead atoms. The topological polar surface area (TPSA) is 136 Å². The summed E-state index contributed by atoms with van der Waals surface area (Å²) in [5.41, 5.74) is 1.69. The number of aromatic nitrogens is 2. The van der Waals surface area contributed by atoms with Gasteiger partial charge in [-0.15, -0.1) is 11.3 Å². The summed E-state index contributed by atoms with van der Waals surface area (Å²) in [5.74, 6) is -0.628. The van der Waals surface area contributed by atoms with Gasteiger partial charge in [0, 0.05) is 44.0 Å². The van der Waals surface area contributed by atoms with Crippen LogP contribution in [0.25, 0.3) is 0 Å². The Kier molecular flexibility index (Phi) is 11.7. The van der Waals surface area contributed by atoms with Crippen molar-refractivity contribution in [2.45, 2.75) is 70.7 Å². The summed E-state index contributed by atoms with van der Waals surface area (Å²) in [4.78, 5) is 39.2. The molecule has 0 unspecified atom stereocenters. The first-order valence-electron chi connectivity index (χ1n) is 15.3. The van der Waals surface area contributed by atoms with E-state index in [0.29, 0.717) is 19.6 Å². The van der Waals surface area contributed by atoms with Crippen LogP contribution in [0.1, 0.15) is 44.0 Å². The third-order valence-electron chi connectivity index (χ3n) is 7.70. The molecular weight excluding hydrogens is 613 g/mol. The average molecular weight is 657 g/mol. The van der Waals surface area contributed by atoms with E-state index in [-0.39, 0.29) is 42.3 Å². The molecule has 2 aromatic heterocycles. The lowest BCUT2D eigenvalue weighted by Gasteiger charge is -2.34. The number of benzene rings is 1. The van der Waals surface area contributed by atoms with Gasteiger partial charge in [-0.25, -0.2) is 18.2 Å². The molecule has 1 aromatic carbocycles. The third kappa shape index (κ3) is 8.87. The highest BCUT2D eigenvalue weighted by Crippen LogP contribution is 2.23. The number of amides is 3. The van der Waals surface area contributed by atoms with Gasteiger partial charge in [0.15, 0.2) is 0 Å². The van der Waals surface area contributed by atoms with E-state index in [4.69, 9.17) is 0 Å². The highest BCUT2D eigenvalue weighted by molar-refractivity contribution is 7.89. The van der Waals surface area contributed by atoms with Crippen LogP contribution in [-0.4, -0.2) is 93.9 Å². The molecule has 3 atom stereocenters. The first kappa shape index (κ1) is 34.5. The number of pyridine rings is 1. The molecule has 4 rings (SSSR count). The van der Waals surface area contributed by atoms with Crippen LogP contribution in [-0.2, 0) is 27.8 Å². The lowest BCUT2D eigenvalue weighted by molar-refractivity contribution is -0.128. The molecular formula is C32H44N6O5S2. The molecule has 1 aliphatic heterocycles. The summed E-state index contributed by atoms with van der Waals surface area (Å²) in [6, 6.07) is 10.6. The predicted molar refractivity (Wildman–Crippen MR) is 174 cm³/mol. The zero-order valence-corrected chi connectivity index (χ0v) is 28.2. The van der Waals surface area contributed by atoms with Gasteiger partial charge in [-0.1, -0.05) is 58.0 Å². The molecule has 0 spiro atoms. The standard InChI is InChI=1S/C32H44N6O5S2/c1-22(2)18-37(45(42,43)27-12-9-13-33-17-27)20-29(39)28(16-25-10-7-6-8-11-25)35-31(40)30(23(3)4)38-15-14-36(32(38)41)19-26-21-44-24(5)34-26/h6-13,17,21-23,28-30,39H,14-16,18-20H2,1-5H3,(H,35,40)/t28-,29-,30-/m0/s1. The lowest BCUT2D eigenvalue weighted by atomic mass is 9.97. The number of sulfonamides is 1. The Morgan fingerprint density at radius 1 is 1.09 bits per heavy atom. The van der Waals surface area contributed by atoms with Crippen molar-refractivity contribution in [2.24, 2.45) is 11.8 Å². The fourth-order valence-electron chi connectivity index (χ4n) is 5.57. The van der Waals surface area contributed by atoms with E-state index in [2.05, 4.69) is 15.3 Å². The van der Waals surface area contributed by atoms with Gasteiger partial charge < -0.3 is 20.2 Å². The number of nitrogens with zero attached hydrogens (tertiary/aromatic N) is 5. The first-order chi connectivity index (χ1) is 21.4. The van der Waals surface area contributed by atoms with E-state index in [9.17, 15) is 23.1 Å². The molecule has 1 fully saturated rings. The van der Waals surface area contributed by atoms with Crippen molar-refractivity contribution in [3.05, 3.63) is 76.5 Å².